The first-order valence-electron chi connectivity index (χ1n) is 5.70. The highest BCUT2D eigenvalue weighted by atomic mass is 16.5. The van der Waals surface area contributed by atoms with Gasteiger partial charge < -0.3 is 4.74 Å². The van der Waals surface area contributed by atoms with Crippen LogP contribution in [0.25, 0.3) is 0 Å². The van der Waals surface area contributed by atoms with E-state index in [0.29, 0.717) is 5.78 Å². The predicted octanol–water partition coefficient (Wildman–Crippen LogP) is 2.58. The van der Waals surface area contributed by atoms with E-state index in [1.54, 1.807) is 0 Å². The minimum absolute atomic E-state index is 0.00655. The molecule has 84 valence electrons. The second-order valence-electron chi connectivity index (χ2n) is 5.90. The fraction of sp³-hybridized carbons (Fsp3) is 0.769. The molecule has 1 fully saturated rings. The van der Waals surface area contributed by atoms with Crippen LogP contribution in [0.5, 0.6) is 0 Å². The van der Waals surface area contributed by atoms with Crippen LogP contribution in [0.3, 0.4) is 0 Å². The maximum atomic E-state index is 12.1. The van der Waals surface area contributed by atoms with E-state index >= 15 is 0 Å². The number of fused-ring (bicyclic) bond motifs is 2. The average molecular weight is 208 g/mol. The predicted molar refractivity (Wildman–Crippen MR) is 59.5 cm³/mol. The molecule has 0 saturated carbocycles. The lowest BCUT2D eigenvalue weighted by Crippen LogP contribution is -2.56. The second-order valence-corrected chi connectivity index (χ2v) is 5.90. The van der Waals surface area contributed by atoms with Gasteiger partial charge in [0.2, 0.25) is 0 Å². The normalized spacial score (nSPS) is 44.9. The third-order valence-corrected chi connectivity index (χ3v) is 4.05. The average Bonchev–Trinajstić information content (AvgIpc) is 2.54. The Kier molecular flexibility index (Phi) is 2.13. The molecule has 2 aliphatic heterocycles. The van der Waals surface area contributed by atoms with Gasteiger partial charge in [0.05, 0.1) is 6.10 Å². The van der Waals surface area contributed by atoms with Crippen LogP contribution >= 0.6 is 0 Å². The van der Waals surface area contributed by atoms with Gasteiger partial charge in [0, 0.05) is 11.8 Å². The molecule has 0 aromatic heterocycles. The van der Waals surface area contributed by atoms with Crippen molar-refractivity contribution in [1.82, 2.24) is 0 Å². The molecule has 0 unspecified atom stereocenters. The third kappa shape index (κ3) is 1.24. The number of ketones is 1. The van der Waals surface area contributed by atoms with Gasteiger partial charge in [0.15, 0.2) is 0 Å². The van der Waals surface area contributed by atoms with E-state index < -0.39 is 0 Å². The van der Waals surface area contributed by atoms with Crippen molar-refractivity contribution >= 4 is 5.78 Å². The molecule has 2 aliphatic rings. The quantitative estimate of drug-likeness (QED) is 0.572. The fourth-order valence-corrected chi connectivity index (χ4v) is 2.90. The zero-order chi connectivity index (χ0) is 11.4. The Balaban J connectivity index is 2.45. The molecule has 0 N–H and O–H groups in total. The van der Waals surface area contributed by atoms with Crippen LogP contribution in [0.1, 0.15) is 34.6 Å². The zero-order valence-electron chi connectivity index (χ0n) is 10.2. The lowest BCUT2D eigenvalue weighted by atomic mass is 9.66. The molecule has 0 radical (unpaired) electrons. The van der Waals surface area contributed by atoms with Crippen LogP contribution in [-0.2, 0) is 9.53 Å². The first-order chi connectivity index (χ1) is 6.79. The first kappa shape index (κ1) is 10.9. The highest BCUT2D eigenvalue weighted by Gasteiger charge is 2.57. The van der Waals surface area contributed by atoms with E-state index in [9.17, 15) is 4.79 Å². The lowest BCUT2D eigenvalue weighted by Gasteiger charge is -2.48. The summed E-state index contributed by atoms with van der Waals surface area (Å²) in [6.07, 6.45) is 4.18. The molecular formula is C13H20O2. The molecule has 2 heteroatoms. The van der Waals surface area contributed by atoms with Gasteiger partial charge >= 0.3 is 0 Å². The van der Waals surface area contributed by atoms with Gasteiger partial charge in [-0.15, -0.1) is 0 Å². The van der Waals surface area contributed by atoms with Crippen molar-refractivity contribution in [2.75, 3.05) is 0 Å². The summed E-state index contributed by atoms with van der Waals surface area (Å²) in [5.41, 5.74) is -0.422. The second kappa shape index (κ2) is 2.94. The Hall–Kier alpha value is -0.630. The minimum Gasteiger partial charge on any atom is -0.362 e. The maximum absolute atomic E-state index is 12.1. The topological polar surface area (TPSA) is 26.3 Å². The monoisotopic (exact) mass is 208 g/mol. The van der Waals surface area contributed by atoms with E-state index in [1.807, 2.05) is 13.8 Å². The summed E-state index contributed by atoms with van der Waals surface area (Å²) < 4.78 is 6.11. The molecule has 2 nitrogen and oxygen atoms in total. The molecule has 0 aromatic rings. The third-order valence-electron chi connectivity index (χ3n) is 4.05. The van der Waals surface area contributed by atoms with E-state index in [0.717, 1.165) is 0 Å². The molecule has 4 atom stereocenters. The van der Waals surface area contributed by atoms with Crippen molar-refractivity contribution in [3.63, 3.8) is 0 Å². The van der Waals surface area contributed by atoms with E-state index in [-0.39, 0.29) is 29.0 Å². The standard InChI is InChI=1S/C13H20O2/c1-8-10-6-7-13(15-10,12(3,4)5)9(2)11(8)14/h6-10H,1-5H3/t8-,9-,10-,13+/m0/s1. The number of ether oxygens (including phenoxy) is 1. The van der Waals surface area contributed by atoms with Gasteiger partial charge in [0.25, 0.3) is 0 Å². The summed E-state index contributed by atoms with van der Waals surface area (Å²) in [6, 6.07) is 0. The minimum atomic E-state index is -0.388. The highest BCUT2D eigenvalue weighted by Crippen LogP contribution is 2.50. The Morgan fingerprint density at radius 2 is 1.93 bits per heavy atom. The van der Waals surface area contributed by atoms with Crippen molar-refractivity contribution in [3.8, 4) is 0 Å². The molecular weight excluding hydrogens is 188 g/mol. The van der Waals surface area contributed by atoms with Crippen molar-refractivity contribution in [1.29, 1.82) is 0 Å². The zero-order valence-corrected chi connectivity index (χ0v) is 10.2. The number of Topliss-reactive ketones (excluding diaryl/α,β-unsaturated/α-hetero) is 1. The molecule has 0 aromatic carbocycles. The van der Waals surface area contributed by atoms with Gasteiger partial charge in [-0.25, -0.2) is 0 Å². The molecule has 0 amide bonds. The largest absolute Gasteiger partial charge is 0.362 e. The number of rotatable bonds is 0. The molecule has 2 bridgehead atoms. The Bertz CT molecular complexity index is 324. The summed E-state index contributed by atoms with van der Waals surface area (Å²) in [4.78, 5) is 12.1. The van der Waals surface area contributed by atoms with Gasteiger partial charge in [-0.2, -0.15) is 0 Å². The Morgan fingerprint density at radius 1 is 1.33 bits per heavy atom. The van der Waals surface area contributed by atoms with Gasteiger partial charge in [-0.05, 0) is 5.41 Å². The number of hydrogen-bond acceptors (Lipinski definition) is 2. The summed E-state index contributed by atoms with van der Waals surface area (Å²) in [5, 5.41) is 0. The van der Waals surface area contributed by atoms with E-state index in [1.165, 1.54) is 0 Å². The highest BCUT2D eigenvalue weighted by molar-refractivity contribution is 5.86. The lowest BCUT2D eigenvalue weighted by molar-refractivity contribution is -0.180. The van der Waals surface area contributed by atoms with Gasteiger partial charge in [-0.3, -0.25) is 4.79 Å². The van der Waals surface area contributed by atoms with Crippen LogP contribution < -0.4 is 0 Å². The number of carbonyl (C=O) groups is 1. The molecule has 2 heterocycles. The number of carbonyl (C=O) groups excluding carboxylic acids is 1. The van der Waals surface area contributed by atoms with Crippen molar-refractivity contribution < 1.29 is 9.53 Å². The molecule has 15 heavy (non-hydrogen) atoms. The van der Waals surface area contributed by atoms with Gasteiger partial charge in [0.1, 0.15) is 11.4 Å². The van der Waals surface area contributed by atoms with Crippen LogP contribution in [0, 0.1) is 17.3 Å². The summed E-state index contributed by atoms with van der Waals surface area (Å²) in [5.74, 6) is 0.308. The summed E-state index contributed by atoms with van der Waals surface area (Å²) in [7, 11) is 0. The molecule has 0 aliphatic carbocycles. The van der Waals surface area contributed by atoms with Crippen molar-refractivity contribution in [2.24, 2.45) is 17.3 Å². The maximum Gasteiger partial charge on any atom is 0.144 e. The van der Waals surface area contributed by atoms with Crippen LogP contribution in [0.4, 0.5) is 0 Å². The van der Waals surface area contributed by atoms with Crippen molar-refractivity contribution in [2.45, 2.75) is 46.3 Å². The molecule has 1 saturated heterocycles. The fourth-order valence-electron chi connectivity index (χ4n) is 2.90. The Labute approximate surface area is 91.7 Å². The summed E-state index contributed by atoms with van der Waals surface area (Å²) >= 11 is 0. The molecule has 0 spiro atoms. The summed E-state index contributed by atoms with van der Waals surface area (Å²) in [6.45, 7) is 10.4. The van der Waals surface area contributed by atoms with Crippen LogP contribution in [-0.4, -0.2) is 17.5 Å². The van der Waals surface area contributed by atoms with E-state index in [2.05, 4.69) is 32.9 Å². The van der Waals surface area contributed by atoms with Crippen LogP contribution in [0.15, 0.2) is 12.2 Å². The number of hydrogen-bond donors (Lipinski definition) is 0. The van der Waals surface area contributed by atoms with Crippen molar-refractivity contribution in [3.05, 3.63) is 12.2 Å². The molecule has 2 rings (SSSR count). The first-order valence-corrected chi connectivity index (χ1v) is 5.70. The van der Waals surface area contributed by atoms with Gasteiger partial charge in [-0.1, -0.05) is 46.8 Å². The van der Waals surface area contributed by atoms with Crippen LogP contribution in [0.2, 0.25) is 0 Å². The van der Waals surface area contributed by atoms with E-state index in [4.69, 9.17) is 4.74 Å². The Morgan fingerprint density at radius 3 is 2.47 bits per heavy atom. The SMILES string of the molecule is C[C@@H]1C(=O)[C@H](C)[C@@]2(C(C)(C)C)C=C[C@@H]1O2. The smallest absolute Gasteiger partial charge is 0.144 e.